The molecule has 11 aromatic carbocycles. The Morgan fingerprint density at radius 1 is 0.192 bits per heavy atom. The molecule has 0 N–H and O–H groups in total. The second kappa shape index (κ2) is 11.4. The summed E-state index contributed by atoms with van der Waals surface area (Å²) in [7, 11) is 0. The molecule has 0 amide bonds. The predicted octanol–water partition coefficient (Wildman–Crippen LogP) is 14.8. The van der Waals surface area contributed by atoms with Gasteiger partial charge in [0.05, 0.1) is 0 Å². The van der Waals surface area contributed by atoms with Gasteiger partial charge in [0.1, 0.15) is 0 Å². The molecule has 0 aliphatic heterocycles. The van der Waals surface area contributed by atoms with Crippen LogP contribution < -0.4 is 0 Å². The maximum absolute atomic E-state index is 2.44. The minimum Gasteiger partial charge on any atom is -0.0616 e. The summed E-state index contributed by atoms with van der Waals surface area (Å²) in [6.45, 7) is 0. The SMILES string of the molecule is c1cc(-c2ccc3ccccc3c2)cc(-c2ccc3c(ccc4cc(-c5cc6c7ccccc7ccc6c6ccc7ccccc7c56)ccc43)c2)c1. The molecule has 0 aliphatic rings. The highest BCUT2D eigenvalue weighted by molar-refractivity contribution is 6.27. The molecule has 0 radical (unpaired) electrons. The number of hydrogen-bond donors (Lipinski definition) is 0. The van der Waals surface area contributed by atoms with Crippen LogP contribution in [0.4, 0.5) is 0 Å². The van der Waals surface area contributed by atoms with Crippen molar-refractivity contribution in [3.8, 4) is 33.4 Å². The lowest BCUT2D eigenvalue weighted by Gasteiger charge is -2.16. The third-order valence-corrected chi connectivity index (χ3v) is 11.2. The summed E-state index contributed by atoms with van der Waals surface area (Å²) in [5.74, 6) is 0. The number of hydrogen-bond acceptors (Lipinski definition) is 0. The van der Waals surface area contributed by atoms with Gasteiger partial charge in [-0.05, 0) is 139 Å². The van der Waals surface area contributed by atoms with E-state index in [-0.39, 0.29) is 0 Å². The van der Waals surface area contributed by atoms with Gasteiger partial charge in [-0.1, -0.05) is 164 Å². The highest BCUT2D eigenvalue weighted by Gasteiger charge is 2.15. The van der Waals surface area contributed by atoms with Crippen LogP contribution in [0.3, 0.4) is 0 Å². The van der Waals surface area contributed by atoms with Gasteiger partial charge in [-0.25, -0.2) is 0 Å². The van der Waals surface area contributed by atoms with Gasteiger partial charge in [-0.15, -0.1) is 0 Å². The molecule has 0 heteroatoms. The van der Waals surface area contributed by atoms with E-state index in [9.17, 15) is 0 Å². The monoisotopic (exact) mass is 656 g/mol. The Hall–Kier alpha value is -6.76. The molecule has 0 heterocycles. The molecule has 0 aromatic heterocycles. The van der Waals surface area contributed by atoms with Gasteiger partial charge in [-0.2, -0.15) is 0 Å². The van der Waals surface area contributed by atoms with Crippen molar-refractivity contribution in [2.75, 3.05) is 0 Å². The van der Waals surface area contributed by atoms with E-state index in [1.54, 1.807) is 0 Å². The quantitative estimate of drug-likeness (QED) is 0.166. The van der Waals surface area contributed by atoms with Crippen molar-refractivity contribution in [1.29, 1.82) is 0 Å². The highest BCUT2D eigenvalue weighted by atomic mass is 14.2. The second-order valence-electron chi connectivity index (χ2n) is 14.1. The molecule has 0 bridgehead atoms. The van der Waals surface area contributed by atoms with Crippen molar-refractivity contribution < 1.29 is 0 Å². The zero-order chi connectivity index (χ0) is 34.2. The van der Waals surface area contributed by atoms with Crippen LogP contribution in [0.1, 0.15) is 0 Å². The van der Waals surface area contributed by atoms with Crippen LogP contribution in [0, 0.1) is 0 Å². The van der Waals surface area contributed by atoms with E-state index < -0.39 is 0 Å². The molecule has 0 aliphatic carbocycles. The van der Waals surface area contributed by atoms with E-state index in [1.807, 2.05) is 0 Å². The molecular formula is C52H32. The molecule has 0 fully saturated rings. The van der Waals surface area contributed by atoms with Crippen LogP contribution >= 0.6 is 0 Å². The van der Waals surface area contributed by atoms with Crippen molar-refractivity contribution in [1.82, 2.24) is 0 Å². The van der Waals surface area contributed by atoms with Crippen molar-refractivity contribution >= 4 is 75.4 Å². The number of rotatable bonds is 3. The van der Waals surface area contributed by atoms with Gasteiger partial charge in [0, 0.05) is 0 Å². The third kappa shape index (κ3) is 4.55. The fourth-order valence-electron chi connectivity index (χ4n) is 8.58. The molecule has 52 heavy (non-hydrogen) atoms. The molecular weight excluding hydrogens is 625 g/mol. The van der Waals surface area contributed by atoms with Gasteiger partial charge in [0.15, 0.2) is 0 Å². The fraction of sp³-hybridized carbons (Fsp3) is 0. The average molecular weight is 657 g/mol. The molecule has 0 nitrogen and oxygen atoms in total. The molecule has 0 saturated heterocycles. The summed E-state index contributed by atoms with van der Waals surface area (Å²) in [6.07, 6.45) is 0. The minimum atomic E-state index is 1.23. The van der Waals surface area contributed by atoms with E-state index in [4.69, 9.17) is 0 Å². The largest absolute Gasteiger partial charge is 0.0616 e. The van der Waals surface area contributed by atoms with E-state index in [0.717, 1.165) is 0 Å². The van der Waals surface area contributed by atoms with Crippen molar-refractivity contribution in [3.05, 3.63) is 194 Å². The molecule has 0 atom stereocenters. The third-order valence-electron chi connectivity index (χ3n) is 11.2. The van der Waals surface area contributed by atoms with Crippen LogP contribution in [0.15, 0.2) is 194 Å². The lowest BCUT2D eigenvalue weighted by molar-refractivity contribution is 1.61. The Balaban J connectivity index is 1.05. The summed E-state index contributed by atoms with van der Waals surface area (Å²) < 4.78 is 0. The maximum atomic E-state index is 2.44. The Kier molecular flexibility index (Phi) is 6.35. The van der Waals surface area contributed by atoms with Crippen LogP contribution in [0.25, 0.3) is 109 Å². The lowest BCUT2D eigenvalue weighted by atomic mass is 9.87. The molecule has 0 spiro atoms. The first-order chi connectivity index (χ1) is 25.7. The van der Waals surface area contributed by atoms with E-state index in [2.05, 4.69) is 194 Å². The minimum absolute atomic E-state index is 1.23. The number of benzene rings is 11. The van der Waals surface area contributed by atoms with Crippen LogP contribution in [0.2, 0.25) is 0 Å². The zero-order valence-corrected chi connectivity index (χ0v) is 28.5. The zero-order valence-electron chi connectivity index (χ0n) is 28.5. The Bertz CT molecular complexity index is 3240. The maximum Gasteiger partial charge on any atom is -0.00204 e. The molecule has 0 saturated carbocycles. The molecule has 11 aromatic rings. The topological polar surface area (TPSA) is 0 Å². The Labute approximate surface area is 301 Å². The standard InChI is InChI=1S/C52H32/c1-2-11-36-28-39(17-16-33(36)8-1)37-12-7-13-38(29-37)40-22-24-45-41(30-40)18-19-42-31-43(23-25-46(42)45)50-32-51-44-14-5-3-9-34(44)20-26-48(51)49-27-21-35-10-4-6-15-47(35)52(49)50/h1-32H. The van der Waals surface area contributed by atoms with Crippen LogP contribution in [-0.2, 0) is 0 Å². The van der Waals surface area contributed by atoms with Crippen LogP contribution in [-0.4, -0.2) is 0 Å². The normalized spacial score (nSPS) is 11.8. The Morgan fingerprint density at radius 2 is 0.654 bits per heavy atom. The van der Waals surface area contributed by atoms with Gasteiger partial charge in [0.2, 0.25) is 0 Å². The fourth-order valence-corrected chi connectivity index (χ4v) is 8.58. The first-order valence-corrected chi connectivity index (χ1v) is 18.1. The highest BCUT2D eigenvalue weighted by Crippen LogP contribution is 2.42. The van der Waals surface area contributed by atoms with E-state index in [1.165, 1.54) is 109 Å². The number of fused-ring (bicyclic) bond motifs is 11. The van der Waals surface area contributed by atoms with Gasteiger partial charge in [-0.3, -0.25) is 0 Å². The van der Waals surface area contributed by atoms with Gasteiger partial charge in [0.25, 0.3) is 0 Å². The first-order valence-electron chi connectivity index (χ1n) is 18.1. The van der Waals surface area contributed by atoms with Crippen molar-refractivity contribution in [3.63, 3.8) is 0 Å². The van der Waals surface area contributed by atoms with Gasteiger partial charge < -0.3 is 0 Å². The van der Waals surface area contributed by atoms with Crippen molar-refractivity contribution in [2.24, 2.45) is 0 Å². The molecule has 240 valence electrons. The Morgan fingerprint density at radius 3 is 1.40 bits per heavy atom. The van der Waals surface area contributed by atoms with E-state index >= 15 is 0 Å². The summed E-state index contributed by atoms with van der Waals surface area (Å²) in [6, 6.07) is 72.0. The second-order valence-corrected chi connectivity index (χ2v) is 14.1. The smallest absolute Gasteiger partial charge is 0.00204 e. The summed E-state index contributed by atoms with van der Waals surface area (Å²) in [5.41, 5.74) is 7.45. The average Bonchev–Trinajstić information content (AvgIpc) is 3.22. The molecule has 0 unspecified atom stereocenters. The summed E-state index contributed by atoms with van der Waals surface area (Å²) >= 11 is 0. The van der Waals surface area contributed by atoms with Crippen molar-refractivity contribution in [2.45, 2.75) is 0 Å². The lowest BCUT2D eigenvalue weighted by Crippen LogP contribution is -1.89. The summed E-state index contributed by atoms with van der Waals surface area (Å²) in [5, 5.41) is 17.9. The molecule has 11 rings (SSSR count). The predicted molar refractivity (Wildman–Crippen MR) is 225 cm³/mol. The first kappa shape index (κ1) is 29.0. The van der Waals surface area contributed by atoms with Gasteiger partial charge >= 0.3 is 0 Å². The summed E-state index contributed by atoms with van der Waals surface area (Å²) in [4.78, 5) is 0. The van der Waals surface area contributed by atoms with E-state index in [0.29, 0.717) is 0 Å². The van der Waals surface area contributed by atoms with Crippen LogP contribution in [0.5, 0.6) is 0 Å².